The number of carbonyl (C=O) groups is 2. The number of fused-ring (bicyclic) bond motifs is 1. The van der Waals surface area contributed by atoms with Crippen LogP contribution in [0.1, 0.15) is 33.6 Å². The summed E-state index contributed by atoms with van der Waals surface area (Å²) in [7, 11) is -3.83. The van der Waals surface area contributed by atoms with Crippen molar-refractivity contribution in [2.45, 2.75) is 44.6 Å². The van der Waals surface area contributed by atoms with Gasteiger partial charge >= 0.3 is 5.97 Å². The average molecular weight is 455 g/mol. The van der Waals surface area contributed by atoms with Gasteiger partial charge in [-0.3, -0.25) is 9.59 Å². The lowest BCUT2D eigenvalue weighted by atomic mass is 9.91. The van der Waals surface area contributed by atoms with Gasteiger partial charge in [-0.25, -0.2) is 13.1 Å². The quantitative estimate of drug-likeness (QED) is 0.623. The lowest BCUT2D eigenvalue weighted by Gasteiger charge is -2.36. The van der Waals surface area contributed by atoms with E-state index in [2.05, 4.69) is 18.6 Å². The van der Waals surface area contributed by atoms with Crippen molar-refractivity contribution in [3.8, 4) is 11.5 Å². The highest BCUT2D eigenvalue weighted by Gasteiger charge is 2.30. The molecule has 0 aromatic heterocycles. The molecule has 10 heteroatoms. The molecule has 0 bridgehead atoms. The van der Waals surface area contributed by atoms with E-state index >= 15 is 0 Å². The molecule has 1 aromatic rings. The van der Waals surface area contributed by atoms with Crippen molar-refractivity contribution in [1.82, 2.24) is 9.62 Å². The van der Waals surface area contributed by atoms with Crippen molar-refractivity contribution in [2.24, 2.45) is 11.8 Å². The summed E-state index contributed by atoms with van der Waals surface area (Å²) in [5.41, 5.74) is 0. The Morgan fingerprint density at radius 3 is 2.48 bits per heavy atom. The fourth-order valence-electron chi connectivity index (χ4n) is 3.97. The van der Waals surface area contributed by atoms with Gasteiger partial charge in [0.25, 0.3) is 5.91 Å². The van der Waals surface area contributed by atoms with Gasteiger partial charge in [0.1, 0.15) is 13.2 Å². The lowest BCUT2D eigenvalue weighted by Crippen LogP contribution is -2.47. The molecule has 2 aliphatic heterocycles. The lowest BCUT2D eigenvalue weighted by molar-refractivity contribution is -0.160. The number of hydrogen-bond donors (Lipinski definition) is 1. The molecule has 2 aliphatic rings. The van der Waals surface area contributed by atoms with Crippen molar-refractivity contribution in [1.29, 1.82) is 0 Å². The molecule has 31 heavy (non-hydrogen) atoms. The predicted molar refractivity (Wildman–Crippen MR) is 112 cm³/mol. The van der Waals surface area contributed by atoms with E-state index in [1.54, 1.807) is 11.8 Å². The molecule has 1 amide bonds. The number of carbonyl (C=O) groups excluding carboxylic acids is 2. The van der Waals surface area contributed by atoms with Crippen LogP contribution in [0.4, 0.5) is 0 Å². The summed E-state index contributed by atoms with van der Waals surface area (Å²) in [6, 6.07) is 4.33. The zero-order valence-electron chi connectivity index (χ0n) is 18.1. The number of nitrogens with zero attached hydrogens (tertiary/aromatic N) is 1. The molecule has 2 heterocycles. The minimum Gasteiger partial charge on any atom is -0.486 e. The van der Waals surface area contributed by atoms with E-state index in [9.17, 15) is 18.0 Å². The zero-order chi connectivity index (χ0) is 22.6. The molecule has 172 valence electrons. The number of benzene rings is 1. The second kappa shape index (κ2) is 9.86. The van der Waals surface area contributed by atoms with Crippen molar-refractivity contribution in [3.05, 3.63) is 18.2 Å². The number of piperidine rings is 1. The first-order chi connectivity index (χ1) is 14.7. The van der Waals surface area contributed by atoms with Gasteiger partial charge in [-0.2, -0.15) is 0 Å². The standard InChI is InChI=1S/C21H30N2O7S/c1-14-10-15(2)13-23(12-14)21(25)16(3)30-20(24)6-7-22-31(26,27)17-4-5-18-19(11-17)29-9-8-28-18/h4-5,11,14-16,22H,6-10,12-13H2,1-3H3/t14-,15+,16-/m0/s1. The van der Waals surface area contributed by atoms with Crippen LogP contribution in [-0.2, 0) is 24.3 Å². The van der Waals surface area contributed by atoms with Crippen LogP contribution in [0.25, 0.3) is 0 Å². The van der Waals surface area contributed by atoms with Crippen molar-refractivity contribution < 1.29 is 32.2 Å². The molecular weight excluding hydrogens is 424 g/mol. The topological polar surface area (TPSA) is 111 Å². The van der Waals surface area contributed by atoms with Gasteiger partial charge < -0.3 is 19.1 Å². The Labute approximate surface area is 183 Å². The third-order valence-corrected chi connectivity index (χ3v) is 6.74. The highest BCUT2D eigenvalue weighted by atomic mass is 32.2. The summed E-state index contributed by atoms with van der Waals surface area (Å²) in [4.78, 5) is 26.4. The van der Waals surface area contributed by atoms with Gasteiger partial charge in [0.15, 0.2) is 17.6 Å². The number of sulfonamides is 1. The first kappa shape index (κ1) is 23.3. The van der Waals surface area contributed by atoms with Crippen LogP contribution in [0.2, 0.25) is 0 Å². The Hall–Kier alpha value is -2.33. The van der Waals surface area contributed by atoms with Crippen LogP contribution >= 0.6 is 0 Å². The number of amides is 1. The molecule has 3 rings (SSSR count). The van der Waals surface area contributed by atoms with E-state index in [4.69, 9.17) is 14.2 Å². The van der Waals surface area contributed by atoms with Gasteiger partial charge in [0, 0.05) is 25.7 Å². The molecule has 0 unspecified atom stereocenters. The van der Waals surface area contributed by atoms with Crippen LogP contribution in [0.3, 0.4) is 0 Å². The zero-order valence-corrected chi connectivity index (χ0v) is 18.9. The van der Waals surface area contributed by atoms with Crippen molar-refractivity contribution in [3.63, 3.8) is 0 Å². The van der Waals surface area contributed by atoms with Crippen LogP contribution in [0.15, 0.2) is 23.1 Å². The van der Waals surface area contributed by atoms with Crippen LogP contribution < -0.4 is 14.2 Å². The molecular formula is C21H30N2O7S. The summed E-state index contributed by atoms with van der Waals surface area (Å²) in [5, 5.41) is 0. The number of nitrogens with one attached hydrogen (secondary N) is 1. The van der Waals surface area contributed by atoms with Crippen LogP contribution in [-0.4, -0.2) is 64.1 Å². The summed E-state index contributed by atoms with van der Waals surface area (Å²) in [5.74, 6) is 0.815. The molecule has 1 fully saturated rings. The highest BCUT2D eigenvalue weighted by molar-refractivity contribution is 7.89. The molecule has 0 radical (unpaired) electrons. The Balaban J connectivity index is 1.47. The van der Waals surface area contributed by atoms with Gasteiger partial charge in [-0.05, 0) is 37.3 Å². The van der Waals surface area contributed by atoms with Gasteiger partial charge in [-0.1, -0.05) is 13.8 Å². The Morgan fingerprint density at radius 2 is 1.81 bits per heavy atom. The summed E-state index contributed by atoms with van der Waals surface area (Å²) in [6.45, 7) is 7.66. The molecule has 3 atom stereocenters. The highest BCUT2D eigenvalue weighted by Crippen LogP contribution is 2.32. The van der Waals surface area contributed by atoms with E-state index in [-0.39, 0.29) is 23.8 Å². The fraction of sp³-hybridized carbons (Fsp3) is 0.619. The Morgan fingerprint density at radius 1 is 1.16 bits per heavy atom. The first-order valence-corrected chi connectivity index (χ1v) is 12.0. The molecule has 0 spiro atoms. The summed E-state index contributed by atoms with van der Waals surface area (Å²) in [6.07, 6.45) is -0.0187. The largest absolute Gasteiger partial charge is 0.486 e. The van der Waals surface area contributed by atoms with Gasteiger partial charge in [-0.15, -0.1) is 0 Å². The molecule has 9 nitrogen and oxygen atoms in total. The van der Waals surface area contributed by atoms with Gasteiger partial charge in [0.05, 0.1) is 11.3 Å². The van der Waals surface area contributed by atoms with Crippen LogP contribution in [0.5, 0.6) is 11.5 Å². The molecule has 1 N–H and O–H groups in total. The van der Waals surface area contributed by atoms with Crippen LogP contribution in [0, 0.1) is 11.8 Å². The third kappa shape index (κ3) is 6.10. The van der Waals surface area contributed by atoms with E-state index in [1.807, 2.05) is 0 Å². The monoisotopic (exact) mass is 454 g/mol. The van der Waals surface area contributed by atoms with E-state index in [0.29, 0.717) is 49.6 Å². The predicted octanol–water partition coefficient (Wildman–Crippen LogP) is 1.56. The van der Waals surface area contributed by atoms with Crippen molar-refractivity contribution in [2.75, 3.05) is 32.8 Å². The molecule has 0 saturated carbocycles. The fourth-order valence-corrected chi connectivity index (χ4v) is 5.01. The third-order valence-electron chi connectivity index (χ3n) is 5.28. The number of rotatable bonds is 7. The number of esters is 1. The Kier molecular flexibility index (Phi) is 7.42. The SMILES string of the molecule is C[C@@H]1C[C@H](C)CN(C(=O)[C@H](C)OC(=O)CCNS(=O)(=O)c2ccc3c(c2)OCCO3)C1. The molecule has 1 saturated heterocycles. The van der Waals surface area contributed by atoms with Crippen molar-refractivity contribution >= 4 is 21.9 Å². The second-order valence-corrected chi connectivity index (χ2v) is 10.0. The number of ether oxygens (including phenoxy) is 3. The maximum atomic E-state index is 12.6. The summed E-state index contributed by atoms with van der Waals surface area (Å²) >= 11 is 0. The maximum absolute atomic E-state index is 12.6. The average Bonchev–Trinajstić information content (AvgIpc) is 2.71. The first-order valence-electron chi connectivity index (χ1n) is 10.5. The number of likely N-dealkylation sites (tertiary alicyclic amines) is 1. The van der Waals surface area contributed by atoms with E-state index < -0.39 is 22.1 Å². The summed E-state index contributed by atoms with van der Waals surface area (Å²) < 4.78 is 43.3. The maximum Gasteiger partial charge on any atom is 0.307 e. The normalized spacial score (nSPS) is 22.0. The Bertz CT molecular complexity index is 908. The van der Waals surface area contributed by atoms with Gasteiger partial charge in [0.2, 0.25) is 10.0 Å². The van der Waals surface area contributed by atoms with E-state index in [1.165, 1.54) is 18.2 Å². The minimum absolute atomic E-state index is 0.0157. The second-order valence-electron chi connectivity index (χ2n) is 8.27. The van der Waals surface area contributed by atoms with E-state index in [0.717, 1.165) is 6.42 Å². The molecule has 1 aromatic carbocycles. The number of hydrogen-bond acceptors (Lipinski definition) is 7. The molecule has 0 aliphatic carbocycles. The minimum atomic E-state index is -3.83. The smallest absolute Gasteiger partial charge is 0.307 e.